The highest BCUT2D eigenvalue weighted by Gasteiger charge is 2.20. The average molecular weight is 581 g/mol. The summed E-state index contributed by atoms with van der Waals surface area (Å²) in [5.41, 5.74) is 4.00. The summed E-state index contributed by atoms with van der Waals surface area (Å²) in [5, 5.41) is 13.9. The molecule has 6 rings (SSSR count). The molecule has 2 aromatic heterocycles. The van der Waals surface area contributed by atoms with Crippen LogP contribution in [0.25, 0.3) is 21.5 Å². The Kier molecular flexibility index (Phi) is 10.3. The van der Waals surface area contributed by atoms with Crippen LogP contribution in [0.4, 0.5) is 0 Å². The maximum Gasteiger partial charge on any atom is 0.147 e. The number of benzene rings is 4. The molecule has 44 heavy (non-hydrogen) atoms. The number of carbonyl (C=O) groups excluding carboxylic acids is 2. The Morgan fingerprint density at radius 1 is 0.591 bits per heavy atom. The number of rotatable bonds is 10. The van der Waals surface area contributed by atoms with Gasteiger partial charge in [-0.15, -0.1) is 0 Å². The van der Waals surface area contributed by atoms with Crippen molar-refractivity contribution in [3.05, 3.63) is 156 Å². The Morgan fingerprint density at radius 3 is 1.50 bits per heavy atom. The molecule has 5 nitrogen and oxygen atoms in total. The van der Waals surface area contributed by atoms with Crippen LogP contribution in [0.5, 0.6) is 0 Å². The molecule has 0 amide bonds. The Balaban J connectivity index is 0.000000175. The third kappa shape index (κ3) is 7.68. The zero-order valence-electron chi connectivity index (χ0n) is 24.8. The maximum atomic E-state index is 12.7. The van der Waals surface area contributed by atoms with Gasteiger partial charge in [0.25, 0.3) is 0 Å². The molecule has 2 unspecified atom stereocenters. The van der Waals surface area contributed by atoms with Gasteiger partial charge in [-0.2, -0.15) is 0 Å². The Bertz CT molecular complexity index is 1700. The van der Waals surface area contributed by atoms with Crippen molar-refractivity contribution >= 4 is 33.1 Å². The van der Waals surface area contributed by atoms with Crippen LogP contribution in [0.2, 0.25) is 0 Å². The lowest BCUT2D eigenvalue weighted by atomic mass is 9.89. The number of hydrogen-bond donors (Lipinski definition) is 1. The van der Waals surface area contributed by atoms with Crippen LogP contribution in [0.15, 0.2) is 134 Å². The van der Waals surface area contributed by atoms with Crippen LogP contribution in [-0.2, 0) is 22.4 Å². The summed E-state index contributed by atoms with van der Waals surface area (Å²) in [6.07, 6.45) is 8.81. The molecule has 2 heterocycles. The minimum absolute atomic E-state index is 0.0191. The van der Waals surface area contributed by atoms with Crippen molar-refractivity contribution in [1.29, 1.82) is 0 Å². The fraction of sp³-hybridized carbons (Fsp3) is 0.179. The fourth-order valence-electron chi connectivity index (χ4n) is 5.55. The van der Waals surface area contributed by atoms with Gasteiger partial charge in [0.2, 0.25) is 0 Å². The van der Waals surface area contributed by atoms with E-state index >= 15 is 0 Å². The van der Waals surface area contributed by atoms with Crippen molar-refractivity contribution in [1.82, 2.24) is 9.97 Å². The number of nitrogens with zero attached hydrogens (tertiary/aromatic N) is 2. The quantitative estimate of drug-likeness (QED) is 0.180. The van der Waals surface area contributed by atoms with E-state index in [9.17, 15) is 14.7 Å². The largest absolute Gasteiger partial charge is 0.395 e. The second-order valence-electron chi connectivity index (χ2n) is 10.9. The van der Waals surface area contributed by atoms with Gasteiger partial charge in [0.15, 0.2) is 0 Å². The summed E-state index contributed by atoms with van der Waals surface area (Å²) in [6, 6.07) is 35.5. The van der Waals surface area contributed by atoms with Crippen LogP contribution < -0.4 is 0 Å². The van der Waals surface area contributed by atoms with E-state index in [0.717, 1.165) is 50.2 Å². The number of fused-ring (bicyclic) bond motifs is 2. The number of aliphatic hydroxyl groups excluding tert-OH is 1. The predicted molar refractivity (Wildman–Crippen MR) is 177 cm³/mol. The third-order valence-corrected chi connectivity index (χ3v) is 7.94. The summed E-state index contributed by atoms with van der Waals surface area (Å²) in [6.45, 7) is 1.90. The van der Waals surface area contributed by atoms with Crippen molar-refractivity contribution in [3.8, 4) is 0 Å². The molecule has 0 aliphatic rings. The number of aromatic nitrogens is 2. The first-order valence-corrected chi connectivity index (χ1v) is 15.0. The molecule has 0 bridgehead atoms. The zero-order chi connectivity index (χ0) is 30.7. The number of carbonyl (C=O) groups is 2. The number of ketones is 2. The number of Topliss-reactive ketones (excluding diaryl/α,β-unsaturated/α-hetero) is 2. The van der Waals surface area contributed by atoms with Crippen molar-refractivity contribution in [2.45, 2.75) is 38.0 Å². The van der Waals surface area contributed by atoms with E-state index < -0.39 is 5.92 Å². The zero-order valence-corrected chi connectivity index (χ0v) is 24.8. The molecule has 0 aliphatic carbocycles. The van der Waals surface area contributed by atoms with Gasteiger partial charge in [0, 0.05) is 54.3 Å². The SMILES string of the molecule is CCC(C(=O)Cc1ccc2cnccc2c1)c1ccccc1.O=C(Cc1ccc2cnccc2c1)C(CO)c1ccccc1. The lowest BCUT2D eigenvalue weighted by molar-refractivity contribution is -0.121. The topological polar surface area (TPSA) is 80.2 Å². The summed E-state index contributed by atoms with van der Waals surface area (Å²) >= 11 is 0. The average Bonchev–Trinajstić information content (AvgIpc) is 3.06. The Labute approximate surface area is 258 Å². The van der Waals surface area contributed by atoms with Crippen molar-refractivity contribution < 1.29 is 14.7 Å². The minimum atomic E-state index is -0.464. The van der Waals surface area contributed by atoms with Crippen molar-refractivity contribution in [2.24, 2.45) is 0 Å². The molecular formula is C39H36N2O3. The summed E-state index contributed by atoms with van der Waals surface area (Å²) in [4.78, 5) is 33.4. The standard InChI is InChI=1S/C20H19NO.C19H17NO2/c1-2-19(16-6-4-3-5-7-16)20(22)13-15-8-9-18-14-21-11-10-17(18)12-15;21-13-18(15-4-2-1-3-5-15)19(22)11-14-6-7-17-12-20-9-8-16(17)10-14/h3-12,14,19H,2,13H2,1H3;1-10,12,18,21H,11,13H2. The first-order valence-electron chi connectivity index (χ1n) is 15.0. The first kappa shape index (κ1) is 30.5. The van der Waals surface area contributed by atoms with Crippen LogP contribution in [0.1, 0.15) is 47.4 Å². The maximum absolute atomic E-state index is 12.7. The van der Waals surface area contributed by atoms with Crippen molar-refractivity contribution in [3.63, 3.8) is 0 Å². The summed E-state index contributed by atoms with van der Waals surface area (Å²) < 4.78 is 0. The van der Waals surface area contributed by atoms with Gasteiger partial charge in [-0.05, 0) is 51.6 Å². The van der Waals surface area contributed by atoms with E-state index in [1.165, 1.54) is 0 Å². The second kappa shape index (κ2) is 14.9. The summed E-state index contributed by atoms with van der Waals surface area (Å²) in [5.74, 6) is -0.173. The molecule has 0 spiro atoms. The highest BCUT2D eigenvalue weighted by atomic mass is 16.3. The lowest BCUT2D eigenvalue weighted by Gasteiger charge is -2.14. The molecule has 0 saturated carbocycles. The molecule has 0 aliphatic heterocycles. The van der Waals surface area contributed by atoms with Crippen molar-refractivity contribution in [2.75, 3.05) is 6.61 Å². The minimum Gasteiger partial charge on any atom is -0.395 e. The van der Waals surface area contributed by atoms with Crippen LogP contribution in [0, 0.1) is 0 Å². The van der Waals surface area contributed by atoms with E-state index in [0.29, 0.717) is 12.8 Å². The van der Waals surface area contributed by atoms with Gasteiger partial charge in [0.05, 0.1) is 12.5 Å². The van der Waals surface area contributed by atoms with Crippen LogP contribution in [-0.4, -0.2) is 33.2 Å². The molecule has 0 saturated heterocycles. The second-order valence-corrected chi connectivity index (χ2v) is 10.9. The van der Waals surface area contributed by atoms with E-state index in [1.54, 1.807) is 18.6 Å². The summed E-state index contributed by atoms with van der Waals surface area (Å²) in [7, 11) is 0. The normalized spacial score (nSPS) is 12.2. The van der Waals surface area contributed by atoms with Gasteiger partial charge in [-0.25, -0.2) is 0 Å². The highest BCUT2D eigenvalue weighted by molar-refractivity contribution is 5.90. The van der Waals surface area contributed by atoms with E-state index in [4.69, 9.17) is 0 Å². The van der Waals surface area contributed by atoms with E-state index in [1.807, 2.05) is 109 Å². The third-order valence-electron chi connectivity index (χ3n) is 7.94. The molecule has 0 fully saturated rings. The van der Waals surface area contributed by atoms with E-state index in [-0.39, 0.29) is 24.1 Å². The van der Waals surface area contributed by atoms with Crippen LogP contribution in [0.3, 0.4) is 0 Å². The van der Waals surface area contributed by atoms with Gasteiger partial charge in [-0.1, -0.05) is 104 Å². The molecule has 1 N–H and O–H groups in total. The Hall–Kier alpha value is -5.00. The van der Waals surface area contributed by atoms with Gasteiger partial charge < -0.3 is 5.11 Å². The van der Waals surface area contributed by atoms with Crippen LogP contribution >= 0.6 is 0 Å². The predicted octanol–water partition coefficient (Wildman–Crippen LogP) is 7.66. The molecule has 4 aromatic carbocycles. The Morgan fingerprint density at radius 2 is 1.05 bits per heavy atom. The highest BCUT2D eigenvalue weighted by Crippen LogP contribution is 2.24. The molecule has 6 aromatic rings. The monoisotopic (exact) mass is 580 g/mol. The molecule has 0 radical (unpaired) electrons. The van der Waals surface area contributed by atoms with Gasteiger partial charge in [-0.3, -0.25) is 19.6 Å². The van der Waals surface area contributed by atoms with Gasteiger partial charge in [0.1, 0.15) is 11.6 Å². The molecule has 220 valence electrons. The fourth-order valence-corrected chi connectivity index (χ4v) is 5.55. The smallest absolute Gasteiger partial charge is 0.147 e. The lowest BCUT2D eigenvalue weighted by Crippen LogP contribution is -2.18. The van der Waals surface area contributed by atoms with E-state index in [2.05, 4.69) is 23.0 Å². The molecule has 2 atom stereocenters. The number of aliphatic hydroxyl groups is 1. The molecule has 5 heteroatoms. The first-order chi connectivity index (χ1) is 21.6. The van der Waals surface area contributed by atoms with Gasteiger partial charge >= 0.3 is 0 Å². The number of hydrogen-bond acceptors (Lipinski definition) is 5. The number of pyridine rings is 2. The molecular weight excluding hydrogens is 544 g/mol.